The third kappa shape index (κ3) is 3.12. The molecule has 0 saturated carbocycles. The zero-order valence-corrected chi connectivity index (χ0v) is 12.5. The van der Waals surface area contributed by atoms with E-state index in [-0.39, 0.29) is 11.7 Å². The van der Waals surface area contributed by atoms with E-state index >= 15 is 0 Å². The van der Waals surface area contributed by atoms with Crippen LogP contribution in [0.5, 0.6) is 5.75 Å². The number of benzene rings is 1. The van der Waals surface area contributed by atoms with Crippen molar-refractivity contribution in [2.24, 2.45) is 5.92 Å². The summed E-state index contributed by atoms with van der Waals surface area (Å²) in [7, 11) is 0. The third-order valence-electron chi connectivity index (χ3n) is 4.04. The zero-order valence-electron chi connectivity index (χ0n) is 12.5. The lowest BCUT2D eigenvalue weighted by molar-refractivity contribution is 0.0643. The number of piperidine rings is 1. The number of phenols is 1. The predicted octanol–water partition coefficient (Wildman–Crippen LogP) is 2.16. The van der Waals surface area contributed by atoms with E-state index in [9.17, 15) is 9.90 Å². The van der Waals surface area contributed by atoms with Gasteiger partial charge in [0.25, 0.3) is 5.91 Å². The molecule has 4 nitrogen and oxygen atoms in total. The summed E-state index contributed by atoms with van der Waals surface area (Å²) in [6.07, 6.45) is 0.966. The van der Waals surface area contributed by atoms with E-state index in [1.807, 2.05) is 17.9 Å². The first-order chi connectivity index (χ1) is 9.52. The van der Waals surface area contributed by atoms with Gasteiger partial charge in [-0.3, -0.25) is 4.79 Å². The van der Waals surface area contributed by atoms with Crippen molar-refractivity contribution in [1.82, 2.24) is 10.2 Å². The monoisotopic (exact) mass is 276 g/mol. The van der Waals surface area contributed by atoms with Gasteiger partial charge in [-0.1, -0.05) is 19.9 Å². The number of phenolic OH excluding ortho intramolecular Hbond substituents is 1. The van der Waals surface area contributed by atoms with Crippen molar-refractivity contribution in [2.75, 3.05) is 19.6 Å². The van der Waals surface area contributed by atoms with Gasteiger partial charge in [0.15, 0.2) is 0 Å². The molecule has 20 heavy (non-hydrogen) atoms. The normalized spacial score (nSPS) is 22.9. The van der Waals surface area contributed by atoms with E-state index in [2.05, 4.69) is 19.2 Å². The van der Waals surface area contributed by atoms with E-state index < -0.39 is 0 Å². The quantitative estimate of drug-likeness (QED) is 0.889. The minimum atomic E-state index is -0.0655. The maximum atomic E-state index is 12.5. The van der Waals surface area contributed by atoms with Crippen LogP contribution in [0.1, 0.15) is 36.2 Å². The van der Waals surface area contributed by atoms with Crippen LogP contribution in [0.25, 0.3) is 0 Å². The summed E-state index contributed by atoms with van der Waals surface area (Å²) < 4.78 is 0. The lowest BCUT2D eigenvalue weighted by atomic mass is 9.93. The first-order valence-electron chi connectivity index (χ1n) is 7.35. The maximum absolute atomic E-state index is 12.5. The van der Waals surface area contributed by atoms with Crippen LogP contribution in [0.15, 0.2) is 18.2 Å². The molecule has 1 fully saturated rings. The van der Waals surface area contributed by atoms with Crippen molar-refractivity contribution in [1.29, 1.82) is 0 Å². The first kappa shape index (κ1) is 14.9. The SMILES string of the molecule is CCNC1CCN(C(=O)c2ccc(C)cc2O)CC1C. The van der Waals surface area contributed by atoms with Crippen molar-refractivity contribution in [3.63, 3.8) is 0 Å². The second-order valence-corrected chi connectivity index (χ2v) is 5.70. The summed E-state index contributed by atoms with van der Waals surface area (Å²) in [5.74, 6) is 0.445. The van der Waals surface area contributed by atoms with Crippen LogP contribution in [-0.4, -0.2) is 41.6 Å². The largest absolute Gasteiger partial charge is 0.507 e. The lowest BCUT2D eigenvalue weighted by Crippen LogP contribution is -2.50. The summed E-state index contributed by atoms with van der Waals surface area (Å²) in [4.78, 5) is 14.3. The Bertz CT molecular complexity index is 487. The number of amides is 1. The molecule has 1 aromatic rings. The molecule has 0 aliphatic carbocycles. The Hall–Kier alpha value is -1.55. The van der Waals surface area contributed by atoms with E-state index in [1.54, 1.807) is 12.1 Å². The van der Waals surface area contributed by atoms with E-state index in [1.165, 1.54) is 0 Å². The van der Waals surface area contributed by atoms with E-state index in [0.29, 0.717) is 17.5 Å². The molecular formula is C16H24N2O2. The molecule has 2 N–H and O–H groups in total. The van der Waals surface area contributed by atoms with Crippen LogP contribution < -0.4 is 5.32 Å². The Morgan fingerprint density at radius 3 is 2.85 bits per heavy atom. The maximum Gasteiger partial charge on any atom is 0.257 e. The molecule has 1 aromatic carbocycles. The highest BCUT2D eigenvalue weighted by molar-refractivity contribution is 5.97. The Labute approximate surface area is 120 Å². The predicted molar refractivity (Wildman–Crippen MR) is 80.0 cm³/mol. The number of aryl methyl sites for hydroxylation is 1. The molecule has 1 amide bonds. The number of carbonyl (C=O) groups excluding carboxylic acids is 1. The first-order valence-corrected chi connectivity index (χ1v) is 7.35. The highest BCUT2D eigenvalue weighted by atomic mass is 16.3. The molecule has 0 spiro atoms. The van der Waals surface area contributed by atoms with Crippen molar-refractivity contribution < 1.29 is 9.90 Å². The topological polar surface area (TPSA) is 52.6 Å². The second kappa shape index (κ2) is 6.27. The van der Waals surface area contributed by atoms with Gasteiger partial charge in [0.2, 0.25) is 0 Å². The highest BCUT2D eigenvalue weighted by Crippen LogP contribution is 2.24. The van der Waals surface area contributed by atoms with Crippen molar-refractivity contribution in [2.45, 2.75) is 33.2 Å². The number of hydrogen-bond acceptors (Lipinski definition) is 3. The Morgan fingerprint density at radius 2 is 2.25 bits per heavy atom. The lowest BCUT2D eigenvalue weighted by Gasteiger charge is -2.37. The molecule has 0 bridgehead atoms. The average molecular weight is 276 g/mol. The van der Waals surface area contributed by atoms with E-state index in [4.69, 9.17) is 0 Å². The number of nitrogens with one attached hydrogen (secondary N) is 1. The summed E-state index contributed by atoms with van der Waals surface area (Å²) in [5, 5.41) is 13.4. The van der Waals surface area contributed by atoms with Crippen LogP contribution in [0.4, 0.5) is 0 Å². The van der Waals surface area contributed by atoms with Gasteiger partial charge in [0.1, 0.15) is 5.75 Å². The van der Waals surface area contributed by atoms with Crippen LogP contribution in [0.3, 0.4) is 0 Å². The number of aromatic hydroxyl groups is 1. The van der Waals surface area contributed by atoms with Crippen LogP contribution in [0, 0.1) is 12.8 Å². The molecule has 1 aliphatic heterocycles. The Kier molecular flexibility index (Phi) is 4.65. The Balaban J connectivity index is 2.07. The van der Waals surface area contributed by atoms with Crippen molar-refractivity contribution >= 4 is 5.91 Å². The van der Waals surface area contributed by atoms with Crippen LogP contribution in [0.2, 0.25) is 0 Å². The summed E-state index contributed by atoms with van der Waals surface area (Å²) in [6, 6.07) is 5.70. The van der Waals surface area contributed by atoms with E-state index in [0.717, 1.165) is 31.6 Å². The smallest absolute Gasteiger partial charge is 0.257 e. The molecule has 0 aromatic heterocycles. The second-order valence-electron chi connectivity index (χ2n) is 5.70. The molecule has 0 radical (unpaired) electrons. The van der Waals surface area contributed by atoms with Crippen LogP contribution in [-0.2, 0) is 0 Å². The molecule has 2 atom stereocenters. The molecule has 1 saturated heterocycles. The fourth-order valence-corrected chi connectivity index (χ4v) is 2.89. The number of likely N-dealkylation sites (tertiary alicyclic amines) is 1. The zero-order chi connectivity index (χ0) is 14.7. The molecule has 2 unspecified atom stereocenters. The molecule has 1 aliphatic rings. The van der Waals surface area contributed by atoms with Gasteiger partial charge in [-0.05, 0) is 43.5 Å². The minimum absolute atomic E-state index is 0.0655. The van der Waals surface area contributed by atoms with Crippen molar-refractivity contribution in [3.8, 4) is 5.75 Å². The fraction of sp³-hybridized carbons (Fsp3) is 0.562. The standard InChI is InChI=1S/C16H24N2O2/c1-4-17-14-7-8-18(10-12(14)3)16(20)13-6-5-11(2)9-15(13)19/h5-6,9,12,14,17,19H,4,7-8,10H2,1-3H3. The van der Waals surface area contributed by atoms with Crippen LogP contribution >= 0.6 is 0 Å². The number of carbonyl (C=O) groups is 1. The van der Waals surface area contributed by atoms with Gasteiger partial charge in [-0.2, -0.15) is 0 Å². The third-order valence-corrected chi connectivity index (χ3v) is 4.04. The van der Waals surface area contributed by atoms with Gasteiger partial charge < -0.3 is 15.3 Å². The van der Waals surface area contributed by atoms with Gasteiger partial charge in [0, 0.05) is 19.1 Å². The number of hydrogen-bond donors (Lipinski definition) is 2. The van der Waals surface area contributed by atoms with Gasteiger partial charge in [-0.15, -0.1) is 0 Å². The average Bonchev–Trinajstić information content (AvgIpc) is 2.40. The summed E-state index contributed by atoms with van der Waals surface area (Å²) >= 11 is 0. The summed E-state index contributed by atoms with van der Waals surface area (Å²) in [5.41, 5.74) is 1.36. The number of nitrogens with zero attached hydrogens (tertiary/aromatic N) is 1. The molecule has 2 rings (SSSR count). The molecule has 110 valence electrons. The molecule has 4 heteroatoms. The number of rotatable bonds is 3. The molecular weight excluding hydrogens is 252 g/mol. The van der Waals surface area contributed by atoms with Gasteiger partial charge in [0.05, 0.1) is 5.56 Å². The van der Waals surface area contributed by atoms with Crippen molar-refractivity contribution in [3.05, 3.63) is 29.3 Å². The minimum Gasteiger partial charge on any atom is -0.507 e. The molecule has 1 heterocycles. The van der Waals surface area contributed by atoms with Gasteiger partial charge >= 0.3 is 0 Å². The Morgan fingerprint density at radius 1 is 1.50 bits per heavy atom. The fourth-order valence-electron chi connectivity index (χ4n) is 2.89. The van der Waals surface area contributed by atoms with Gasteiger partial charge in [-0.25, -0.2) is 0 Å². The highest BCUT2D eigenvalue weighted by Gasteiger charge is 2.29. The summed E-state index contributed by atoms with van der Waals surface area (Å²) in [6.45, 7) is 8.62.